The van der Waals surface area contributed by atoms with Crippen LogP contribution >= 0.6 is 0 Å². The van der Waals surface area contributed by atoms with Crippen LogP contribution in [0.2, 0.25) is 0 Å². The molecular formula is C11H21. The highest BCUT2D eigenvalue weighted by molar-refractivity contribution is 4.79. The van der Waals surface area contributed by atoms with Gasteiger partial charge in [-0.25, -0.2) is 0 Å². The molecule has 0 aromatic rings. The van der Waals surface area contributed by atoms with Crippen LogP contribution in [0.4, 0.5) is 0 Å². The third-order valence-electron chi connectivity index (χ3n) is 1.93. The van der Waals surface area contributed by atoms with Crippen molar-refractivity contribution in [2.45, 2.75) is 40.0 Å². The zero-order valence-corrected chi connectivity index (χ0v) is 8.14. The molecule has 0 bridgehead atoms. The van der Waals surface area contributed by atoms with Crippen molar-refractivity contribution in [2.24, 2.45) is 11.8 Å². The second-order valence-electron chi connectivity index (χ2n) is 3.59. The zero-order valence-electron chi connectivity index (χ0n) is 8.14. The van der Waals surface area contributed by atoms with Crippen molar-refractivity contribution < 1.29 is 0 Å². The standard InChI is InChI=1S/C11H21/c1-5-6-7-11(4)9-8-10(2)3/h5-6,10-11H,2,7-9H2,1,3-4H3. The number of rotatable bonds is 5. The number of hydrogen-bond acceptors (Lipinski definition) is 0. The fraction of sp³-hybridized carbons (Fsp3) is 0.727. The predicted molar refractivity (Wildman–Crippen MR) is 52.4 cm³/mol. The smallest absolute Gasteiger partial charge is 0.0325 e. The van der Waals surface area contributed by atoms with Gasteiger partial charge in [-0.1, -0.05) is 45.8 Å². The van der Waals surface area contributed by atoms with E-state index in [1.165, 1.54) is 19.3 Å². The van der Waals surface area contributed by atoms with Gasteiger partial charge in [0.05, 0.1) is 0 Å². The van der Waals surface area contributed by atoms with E-state index in [0.717, 1.165) is 5.92 Å². The van der Waals surface area contributed by atoms with Gasteiger partial charge >= 0.3 is 0 Å². The van der Waals surface area contributed by atoms with Crippen LogP contribution in [0.1, 0.15) is 40.0 Å². The Morgan fingerprint density at radius 3 is 2.36 bits per heavy atom. The van der Waals surface area contributed by atoms with Crippen molar-refractivity contribution in [3.63, 3.8) is 0 Å². The molecule has 0 aliphatic carbocycles. The van der Waals surface area contributed by atoms with Crippen molar-refractivity contribution in [1.29, 1.82) is 0 Å². The van der Waals surface area contributed by atoms with Crippen LogP contribution in [0, 0.1) is 18.8 Å². The van der Waals surface area contributed by atoms with Crippen molar-refractivity contribution in [3.8, 4) is 0 Å². The molecule has 0 aromatic heterocycles. The second kappa shape index (κ2) is 6.45. The highest BCUT2D eigenvalue weighted by Gasteiger charge is 2.00. The molecule has 0 amide bonds. The molecule has 65 valence electrons. The average Bonchev–Trinajstić information content (AvgIpc) is 1.97. The van der Waals surface area contributed by atoms with Crippen LogP contribution < -0.4 is 0 Å². The third kappa shape index (κ3) is 7.64. The van der Waals surface area contributed by atoms with Crippen molar-refractivity contribution in [1.82, 2.24) is 0 Å². The summed E-state index contributed by atoms with van der Waals surface area (Å²) in [4.78, 5) is 0. The highest BCUT2D eigenvalue weighted by atomic mass is 14.1. The summed E-state index contributed by atoms with van der Waals surface area (Å²) in [6, 6.07) is 0. The molecule has 0 aliphatic heterocycles. The second-order valence-corrected chi connectivity index (χ2v) is 3.59. The van der Waals surface area contributed by atoms with Gasteiger partial charge in [0, 0.05) is 0 Å². The molecule has 0 nitrogen and oxygen atoms in total. The first-order valence-corrected chi connectivity index (χ1v) is 4.61. The maximum absolute atomic E-state index is 3.97. The Morgan fingerprint density at radius 1 is 1.27 bits per heavy atom. The molecule has 0 aliphatic rings. The number of allylic oxidation sites excluding steroid dienone is 2. The fourth-order valence-corrected chi connectivity index (χ4v) is 1.06. The third-order valence-corrected chi connectivity index (χ3v) is 1.93. The molecule has 2 unspecified atom stereocenters. The predicted octanol–water partition coefficient (Wildman–Crippen LogP) is 3.84. The van der Waals surface area contributed by atoms with Crippen molar-refractivity contribution in [3.05, 3.63) is 19.1 Å². The molecule has 0 saturated carbocycles. The zero-order chi connectivity index (χ0) is 8.69. The van der Waals surface area contributed by atoms with Crippen LogP contribution in [0.25, 0.3) is 0 Å². The summed E-state index contributed by atoms with van der Waals surface area (Å²) in [7, 11) is 0. The fourth-order valence-electron chi connectivity index (χ4n) is 1.06. The van der Waals surface area contributed by atoms with Gasteiger partial charge in [-0.2, -0.15) is 0 Å². The van der Waals surface area contributed by atoms with Gasteiger partial charge in [-0.3, -0.25) is 0 Å². The Morgan fingerprint density at radius 2 is 1.91 bits per heavy atom. The Labute approximate surface area is 71.7 Å². The van der Waals surface area contributed by atoms with Crippen LogP contribution in [0.3, 0.4) is 0 Å². The molecule has 0 aromatic carbocycles. The topological polar surface area (TPSA) is 0 Å². The Balaban J connectivity index is 3.29. The van der Waals surface area contributed by atoms with Gasteiger partial charge in [-0.15, -0.1) is 0 Å². The first kappa shape index (κ1) is 10.7. The van der Waals surface area contributed by atoms with E-state index < -0.39 is 0 Å². The molecule has 0 rings (SSSR count). The van der Waals surface area contributed by atoms with E-state index in [2.05, 4.69) is 39.8 Å². The van der Waals surface area contributed by atoms with Crippen LogP contribution in [-0.2, 0) is 0 Å². The van der Waals surface area contributed by atoms with E-state index in [4.69, 9.17) is 0 Å². The summed E-state index contributed by atoms with van der Waals surface area (Å²) in [5.41, 5.74) is 0. The average molecular weight is 153 g/mol. The van der Waals surface area contributed by atoms with E-state index in [0.29, 0.717) is 5.92 Å². The van der Waals surface area contributed by atoms with Gasteiger partial charge in [0.2, 0.25) is 0 Å². The lowest BCUT2D eigenvalue weighted by Crippen LogP contribution is -1.96. The summed E-state index contributed by atoms with van der Waals surface area (Å²) in [5.74, 6) is 1.44. The van der Waals surface area contributed by atoms with Crippen LogP contribution in [0.5, 0.6) is 0 Å². The van der Waals surface area contributed by atoms with Crippen LogP contribution in [-0.4, -0.2) is 0 Å². The van der Waals surface area contributed by atoms with Gasteiger partial charge in [0.1, 0.15) is 0 Å². The molecular weight excluding hydrogens is 132 g/mol. The van der Waals surface area contributed by atoms with Gasteiger partial charge < -0.3 is 0 Å². The van der Waals surface area contributed by atoms with Gasteiger partial charge in [0.15, 0.2) is 0 Å². The Hall–Kier alpha value is -0.260. The van der Waals surface area contributed by atoms with E-state index in [1.807, 2.05) is 0 Å². The molecule has 11 heavy (non-hydrogen) atoms. The maximum Gasteiger partial charge on any atom is -0.0325 e. The quantitative estimate of drug-likeness (QED) is 0.526. The number of hydrogen-bond donors (Lipinski definition) is 0. The lowest BCUT2D eigenvalue weighted by molar-refractivity contribution is 0.473. The Kier molecular flexibility index (Phi) is 6.30. The van der Waals surface area contributed by atoms with Crippen molar-refractivity contribution in [2.75, 3.05) is 0 Å². The molecule has 1 radical (unpaired) electrons. The SMILES string of the molecule is [CH2]C(C)CCC(C)CC=CC. The molecule has 2 atom stereocenters. The summed E-state index contributed by atoms with van der Waals surface area (Å²) < 4.78 is 0. The van der Waals surface area contributed by atoms with Gasteiger partial charge in [-0.05, 0) is 25.2 Å². The lowest BCUT2D eigenvalue weighted by Gasteiger charge is -2.09. The van der Waals surface area contributed by atoms with Crippen molar-refractivity contribution >= 4 is 0 Å². The first-order valence-electron chi connectivity index (χ1n) is 4.61. The summed E-state index contributed by atoms with van der Waals surface area (Å²) in [6.07, 6.45) is 8.18. The Bertz CT molecular complexity index is 101. The highest BCUT2D eigenvalue weighted by Crippen LogP contribution is 2.14. The largest absolute Gasteiger partial charge is 0.0917 e. The molecule has 0 heteroatoms. The normalized spacial score (nSPS) is 14.6. The van der Waals surface area contributed by atoms with E-state index in [1.54, 1.807) is 0 Å². The monoisotopic (exact) mass is 153 g/mol. The minimum atomic E-state index is 0.614. The van der Waals surface area contributed by atoms with E-state index in [9.17, 15) is 0 Å². The van der Waals surface area contributed by atoms with Gasteiger partial charge in [0.25, 0.3) is 0 Å². The molecule has 0 heterocycles. The first-order chi connectivity index (χ1) is 5.16. The summed E-state index contributed by atoms with van der Waals surface area (Å²) >= 11 is 0. The minimum Gasteiger partial charge on any atom is -0.0917 e. The molecule has 0 spiro atoms. The maximum atomic E-state index is 3.97. The van der Waals surface area contributed by atoms with E-state index in [-0.39, 0.29) is 0 Å². The lowest BCUT2D eigenvalue weighted by atomic mass is 9.97. The minimum absolute atomic E-state index is 0.614. The summed E-state index contributed by atoms with van der Waals surface area (Å²) in [5, 5.41) is 0. The molecule has 0 saturated heterocycles. The summed E-state index contributed by atoms with van der Waals surface area (Å²) in [6.45, 7) is 10.5. The molecule has 0 N–H and O–H groups in total. The van der Waals surface area contributed by atoms with Crippen LogP contribution in [0.15, 0.2) is 12.2 Å². The molecule has 0 fully saturated rings. The van der Waals surface area contributed by atoms with E-state index >= 15 is 0 Å².